The van der Waals surface area contributed by atoms with Gasteiger partial charge in [-0.25, -0.2) is 4.39 Å². The van der Waals surface area contributed by atoms with Crippen LogP contribution in [0.5, 0.6) is 5.88 Å². The van der Waals surface area contributed by atoms with Gasteiger partial charge in [-0.2, -0.15) is 0 Å². The molecule has 8 nitrogen and oxygen atoms in total. The van der Waals surface area contributed by atoms with Crippen LogP contribution in [0.15, 0.2) is 52.7 Å². The Labute approximate surface area is 151 Å². The van der Waals surface area contributed by atoms with Gasteiger partial charge in [0.15, 0.2) is 5.69 Å². The molecule has 0 radical (unpaired) electrons. The van der Waals surface area contributed by atoms with Gasteiger partial charge in [0.1, 0.15) is 5.82 Å². The van der Waals surface area contributed by atoms with Crippen LogP contribution in [0.4, 0.5) is 15.8 Å². The lowest BCUT2D eigenvalue weighted by molar-refractivity contribution is -0.384. The Hall–Kier alpha value is -3.40. The minimum absolute atomic E-state index is 0.0495. The Morgan fingerprint density at radius 2 is 2.04 bits per heavy atom. The second-order valence-corrected chi connectivity index (χ2v) is 5.68. The fourth-order valence-electron chi connectivity index (χ4n) is 2.28. The quantitative estimate of drug-likeness (QED) is 0.276. The third-order valence-electron chi connectivity index (χ3n) is 3.54. The van der Waals surface area contributed by atoms with Crippen LogP contribution in [0, 0.1) is 15.9 Å². The van der Waals surface area contributed by atoms with Gasteiger partial charge in [0.2, 0.25) is 11.0 Å². The van der Waals surface area contributed by atoms with Crippen molar-refractivity contribution in [2.75, 3.05) is 0 Å². The number of aromatic nitrogens is 1. The van der Waals surface area contributed by atoms with Crippen LogP contribution in [-0.4, -0.2) is 20.1 Å². The third-order valence-corrected chi connectivity index (χ3v) is 3.77. The Morgan fingerprint density at radius 1 is 1.31 bits per heavy atom. The molecule has 132 valence electrons. The van der Waals surface area contributed by atoms with Crippen molar-refractivity contribution in [3.63, 3.8) is 0 Å². The highest BCUT2D eigenvalue weighted by atomic mass is 32.1. The maximum atomic E-state index is 12.9. The highest BCUT2D eigenvalue weighted by Gasteiger charge is 2.15. The first-order valence-electron chi connectivity index (χ1n) is 7.37. The normalized spacial score (nSPS) is 11.1. The molecule has 0 spiro atoms. The van der Waals surface area contributed by atoms with Crippen molar-refractivity contribution < 1.29 is 14.4 Å². The average Bonchev–Trinajstić information content (AvgIpc) is 2.93. The number of nitro groups is 1. The summed E-state index contributed by atoms with van der Waals surface area (Å²) >= 11 is 5.04. The first kappa shape index (κ1) is 17.4. The number of nitrogens with one attached hydrogen (secondary N) is 2. The molecular formula is C16H12FN5O3S. The highest BCUT2D eigenvalue weighted by Crippen LogP contribution is 2.37. The monoisotopic (exact) mass is 373 g/mol. The molecule has 2 aromatic carbocycles. The topological polar surface area (TPSA) is 116 Å². The Kier molecular flexibility index (Phi) is 4.85. The molecule has 1 aromatic heterocycles. The molecule has 0 unspecified atom stereocenters. The van der Waals surface area contributed by atoms with Gasteiger partial charge < -0.3 is 15.4 Å². The molecule has 1 heterocycles. The Balaban J connectivity index is 1.75. The molecule has 0 bridgehead atoms. The number of hydrogen-bond donors (Lipinski definition) is 3. The SMILES string of the molecule is O=[N+]([O-])c1ccc2[nH]c(O)c(N=NC(=S)NCc3ccc(F)cc3)c2c1. The van der Waals surface area contributed by atoms with Crippen LogP contribution >= 0.6 is 12.2 Å². The highest BCUT2D eigenvalue weighted by molar-refractivity contribution is 7.80. The predicted molar refractivity (Wildman–Crippen MR) is 97.0 cm³/mol. The number of hydrogen-bond acceptors (Lipinski definition) is 5. The minimum Gasteiger partial charge on any atom is -0.493 e. The van der Waals surface area contributed by atoms with Gasteiger partial charge >= 0.3 is 0 Å². The van der Waals surface area contributed by atoms with Gasteiger partial charge in [0.05, 0.1) is 10.4 Å². The van der Waals surface area contributed by atoms with Crippen molar-refractivity contribution in [3.8, 4) is 5.88 Å². The van der Waals surface area contributed by atoms with Crippen molar-refractivity contribution in [2.24, 2.45) is 10.2 Å². The number of nitro benzene ring substituents is 1. The summed E-state index contributed by atoms with van der Waals surface area (Å²) in [5.41, 5.74) is 1.20. The first-order valence-corrected chi connectivity index (χ1v) is 7.78. The fraction of sp³-hybridized carbons (Fsp3) is 0.0625. The largest absolute Gasteiger partial charge is 0.493 e. The lowest BCUT2D eigenvalue weighted by atomic mass is 10.2. The second kappa shape index (κ2) is 7.23. The van der Waals surface area contributed by atoms with Crippen molar-refractivity contribution in [2.45, 2.75) is 6.54 Å². The van der Waals surface area contributed by atoms with Gasteiger partial charge in [0, 0.05) is 24.1 Å². The standard InChI is InChI=1S/C16H12FN5O3S/c17-10-3-1-9(2-4-10)8-18-16(26)21-20-14-12-7-11(22(24)25)5-6-13(12)19-15(14)23/h1-7,19,23H,8H2,(H,18,26). The lowest BCUT2D eigenvalue weighted by Gasteiger charge is -2.03. The van der Waals surface area contributed by atoms with E-state index in [1.54, 1.807) is 12.1 Å². The Morgan fingerprint density at radius 3 is 2.73 bits per heavy atom. The number of aromatic hydroxyl groups is 1. The van der Waals surface area contributed by atoms with Gasteiger partial charge in [-0.1, -0.05) is 12.1 Å². The maximum Gasteiger partial charge on any atom is 0.270 e. The third kappa shape index (κ3) is 3.81. The van der Waals surface area contributed by atoms with E-state index in [1.165, 1.54) is 30.3 Å². The lowest BCUT2D eigenvalue weighted by Crippen LogP contribution is -2.18. The zero-order valence-electron chi connectivity index (χ0n) is 13.1. The van der Waals surface area contributed by atoms with Crippen LogP contribution in [-0.2, 0) is 6.54 Å². The van der Waals surface area contributed by atoms with E-state index in [1.807, 2.05) is 0 Å². The summed E-state index contributed by atoms with van der Waals surface area (Å²) in [5, 5.41) is 31.7. The molecule has 0 saturated carbocycles. The molecule has 0 aliphatic rings. The maximum absolute atomic E-state index is 12.9. The van der Waals surface area contributed by atoms with Crippen LogP contribution < -0.4 is 5.32 Å². The zero-order chi connectivity index (χ0) is 18.7. The van der Waals surface area contributed by atoms with Crippen LogP contribution in [0.1, 0.15) is 5.56 Å². The van der Waals surface area contributed by atoms with Crippen LogP contribution in [0.25, 0.3) is 10.9 Å². The molecule has 0 aliphatic carbocycles. The summed E-state index contributed by atoms with van der Waals surface area (Å²) in [5.74, 6) is -0.606. The van der Waals surface area contributed by atoms with Crippen LogP contribution in [0.2, 0.25) is 0 Å². The van der Waals surface area contributed by atoms with E-state index in [0.29, 0.717) is 17.4 Å². The summed E-state index contributed by atoms with van der Waals surface area (Å²) in [6.45, 7) is 0.323. The number of nitrogens with zero attached hydrogens (tertiary/aromatic N) is 3. The molecule has 0 aliphatic heterocycles. The van der Waals surface area contributed by atoms with E-state index in [4.69, 9.17) is 12.2 Å². The number of benzene rings is 2. The summed E-state index contributed by atoms with van der Waals surface area (Å²) in [6.07, 6.45) is 0. The molecule has 3 N–H and O–H groups in total. The van der Waals surface area contributed by atoms with Gasteiger partial charge in [-0.05, 0) is 36.0 Å². The van der Waals surface area contributed by atoms with Gasteiger partial charge in [-0.15, -0.1) is 10.2 Å². The summed E-state index contributed by atoms with van der Waals surface area (Å²) in [6, 6.07) is 9.94. The van der Waals surface area contributed by atoms with Crippen LogP contribution in [0.3, 0.4) is 0 Å². The van der Waals surface area contributed by atoms with E-state index < -0.39 is 4.92 Å². The van der Waals surface area contributed by atoms with Gasteiger partial charge in [-0.3, -0.25) is 10.1 Å². The molecule has 26 heavy (non-hydrogen) atoms. The molecule has 0 saturated heterocycles. The number of non-ortho nitro benzene ring substituents is 1. The first-order chi connectivity index (χ1) is 12.4. The van der Waals surface area contributed by atoms with E-state index >= 15 is 0 Å². The summed E-state index contributed by atoms with van der Waals surface area (Å²) in [7, 11) is 0. The summed E-state index contributed by atoms with van der Waals surface area (Å²) < 4.78 is 12.9. The van der Waals surface area contributed by atoms with E-state index in [-0.39, 0.29) is 28.2 Å². The molecule has 3 aromatic rings. The molecule has 0 fully saturated rings. The number of aromatic amines is 1. The smallest absolute Gasteiger partial charge is 0.270 e. The number of H-pyrrole nitrogens is 1. The summed E-state index contributed by atoms with van der Waals surface area (Å²) in [4.78, 5) is 13.0. The van der Waals surface area contributed by atoms with Crippen molar-refractivity contribution in [1.29, 1.82) is 0 Å². The number of fused-ring (bicyclic) bond motifs is 1. The molecular weight excluding hydrogens is 361 g/mol. The number of azo groups is 1. The number of thiocarbonyl (C=S) groups is 1. The van der Waals surface area contributed by atoms with Crippen molar-refractivity contribution >= 4 is 39.6 Å². The minimum atomic E-state index is -0.542. The van der Waals surface area contributed by atoms with E-state index in [0.717, 1.165) is 5.56 Å². The second-order valence-electron chi connectivity index (χ2n) is 5.29. The Bertz CT molecular complexity index is 1020. The fourth-order valence-corrected chi connectivity index (χ4v) is 2.39. The van der Waals surface area contributed by atoms with Crippen molar-refractivity contribution in [3.05, 3.63) is 64.0 Å². The average molecular weight is 373 g/mol. The molecule has 0 amide bonds. The van der Waals surface area contributed by atoms with E-state index in [9.17, 15) is 19.6 Å². The predicted octanol–water partition coefficient (Wildman–Crippen LogP) is 4.08. The zero-order valence-corrected chi connectivity index (χ0v) is 14.0. The van der Waals surface area contributed by atoms with E-state index in [2.05, 4.69) is 20.5 Å². The van der Waals surface area contributed by atoms with Gasteiger partial charge in [0.25, 0.3) is 5.69 Å². The molecule has 0 atom stereocenters. The van der Waals surface area contributed by atoms with Crippen molar-refractivity contribution in [1.82, 2.24) is 10.3 Å². The molecule has 3 rings (SSSR count). The number of halogens is 1. The number of rotatable bonds is 4. The molecule has 10 heteroatoms.